The van der Waals surface area contributed by atoms with Gasteiger partial charge >= 0.3 is 0 Å². The fourth-order valence-electron chi connectivity index (χ4n) is 1.83. The molecule has 2 rings (SSSR count). The van der Waals surface area contributed by atoms with Crippen molar-refractivity contribution in [3.05, 3.63) is 35.9 Å². The van der Waals surface area contributed by atoms with E-state index in [1.54, 1.807) is 0 Å². The van der Waals surface area contributed by atoms with E-state index in [0.717, 1.165) is 12.0 Å². The second-order valence-corrected chi connectivity index (χ2v) is 5.00. The molecule has 16 heavy (non-hydrogen) atoms. The first-order chi connectivity index (χ1) is 7.65. The predicted octanol–water partition coefficient (Wildman–Crippen LogP) is 3.47. The predicted molar refractivity (Wildman–Crippen MR) is 64.7 cm³/mol. The number of ether oxygens (including phenoxy) is 2. The molecular weight excluding hydrogens is 247 g/mol. The van der Waals surface area contributed by atoms with Crippen LogP contribution in [0.2, 0.25) is 0 Å². The number of halogens is 2. The summed E-state index contributed by atoms with van der Waals surface area (Å²) in [6.07, 6.45) is 0.948. The van der Waals surface area contributed by atoms with Crippen molar-refractivity contribution in [2.45, 2.75) is 30.1 Å². The highest BCUT2D eigenvalue weighted by Crippen LogP contribution is 2.40. The first-order valence-electron chi connectivity index (χ1n) is 5.30. The summed E-state index contributed by atoms with van der Waals surface area (Å²) in [6, 6.07) is 9.59. The molecule has 0 bridgehead atoms. The molecule has 0 amide bonds. The lowest BCUT2D eigenvalue weighted by atomic mass is 10.1. The van der Waals surface area contributed by atoms with Crippen LogP contribution in [0.1, 0.15) is 18.9 Å². The van der Waals surface area contributed by atoms with E-state index < -0.39 is 10.6 Å². The number of hydrogen-bond donors (Lipinski definition) is 0. The molecule has 2 nitrogen and oxygen atoms in total. The SMILES string of the molecule is CC1CCOC(c2ccccc2)(C(Cl)Cl)O1. The van der Waals surface area contributed by atoms with Crippen LogP contribution in [0.3, 0.4) is 0 Å². The van der Waals surface area contributed by atoms with Gasteiger partial charge in [0.2, 0.25) is 5.79 Å². The highest BCUT2D eigenvalue weighted by molar-refractivity contribution is 6.45. The molecule has 1 aliphatic heterocycles. The van der Waals surface area contributed by atoms with E-state index in [1.807, 2.05) is 37.3 Å². The molecule has 88 valence electrons. The standard InChI is InChI=1S/C12H14Cl2O2/c1-9-7-8-15-12(16-9,11(13)14)10-5-3-2-4-6-10/h2-6,9,11H,7-8H2,1H3. The molecule has 1 saturated heterocycles. The van der Waals surface area contributed by atoms with Crippen molar-refractivity contribution in [3.63, 3.8) is 0 Å². The Bertz CT molecular complexity index is 342. The summed E-state index contributed by atoms with van der Waals surface area (Å²) in [5.74, 6) is -1.03. The molecular formula is C12H14Cl2O2. The van der Waals surface area contributed by atoms with Gasteiger partial charge in [0, 0.05) is 5.56 Å². The Labute approximate surface area is 105 Å². The van der Waals surface area contributed by atoms with Crippen LogP contribution in [0, 0.1) is 0 Å². The fraction of sp³-hybridized carbons (Fsp3) is 0.500. The molecule has 2 unspecified atom stereocenters. The van der Waals surface area contributed by atoms with E-state index >= 15 is 0 Å². The Morgan fingerprint density at radius 2 is 2.00 bits per heavy atom. The molecule has 1 aromatic carbocycles. The highest BCUT2D eigenvalue weighted by atomic mass is 35.5. The quantitative estimate of drug-likeness (QED) is 0.759. The third kappa shape index (κ3) is 2.21. The lowest BCUT2D eigenvalue weighted by molar-refractivity contribution is -0.291. The monoisotopic (exact) mass is 260 g/mol. The lowest BCUT2D eigenvalue weighted by Gasteiger charge is -2.41. The number of rotatable bonds is 2. The van der Waals surface area contributed by atoms with Crippen LogP contribution >= 0.6 is 23.2 Å². The van der Waals surface area contributed by atoms with Gasteiger partial charge < -0.3 is 9.47 Å². The summed E-state index contributed by atoms with van der Waals surface area (Å²) in [6.45, 7) is 2.60. The second-order valence-electron chi connectivity index (χ2n) is 3.90. The van der Waals surface area contributed by atoms with Crippen LogP contribution in [0.15, 0.2) is 30.3 Å². The average Bonchev–Trinajstić information content (AvgIpc) is 2.30. The van der Waals surface area contributed by atoms with Crippen molar-refractivity contribution in [2.24, 2.45) is 0 Å². The van der Waals surface area contributed by atoms with Gasteiger partial charge in [0.25, 0.3) is 0 Å². The smallest absolute Gasteiger partial charge is 0.226 e. The summed E-state index contributed by atoms with van der Waals surface area (Å²) in [7, 11) is 0. The maximum atomic E-state index is 6.03. The fourth-order valence-corrected chi connectivity index (χ4v) is 2.31. The molecule has 2 atom stereocenters. The van der Waals surface area contributed by atoms with E-state index in [-0.39, 0.29) is 6.10 Å². The van der Waals surface area contributed by atoms with Crippen molar-refractivity contribution in [2.75, 3.05) is 6.61 Å². The number of hydrogen-bond acceptors (Lipinski definition) is 2. The molecule has 0 N–H and O–H groups in total. The van der Waals surface area contributed by atoms with Crippen molar-refractivity contribution in [1.29, 1.82) is 0 Å². The van der Waals surface area contributed by atoms with Crippen molar-refractivity contribution < 1.29 is 9.47 Å². The Balaban J connectivity index is 2.36. The molecule has 0 spiro atoms. The zero-order valence-electron chi connectivity index (χ0n) is 9.03. The van der Waals surface area contributed by atoms with Gasteiger partial charge in [0.15, 0.2) is 4.84 Å². The molecule has 1 aliphatic rings. The van der Waals surface area contributed by atoms with Gasteiger partial charge in [-0.15, -0.1) is 0 Å². The Morgan fingerprint density at radius 1 is 1.31 bits per heavy atom. The zero-order chi connectivity index (χ0) is 11.6. The van der Waals surface area contributed by atoms with Crippen LogP contribution in [-0.2, 0) is 15.3 Å². The number of benzene rings is 1. The minimum atomic E-state index is -1.03. The highest BCUT2D eigenvalue weighted by Gasteiger charge is 2.45. The molecule has 0 radical (unpaired) electrons. The third-order valence-corrected chi connectivity index (χ3v) is 3.26. The normalized spacial score (nSPS) is 30.6. The van der Waals surface area contributed by atoms with Gasteiger partial charge in [0.1, 0.15) is 0 Å². The summed E-state index contributed by atoms with van der Waals surface area (Å²) < 4.78 is 11.5. The van der Waals surface area contributed by atoms with Gasteiger partial charge in [-0.25, -0.2) is 0 Å². The van der Waals surface area contributed by atoms with E-state index in [9.17, 15) is 0 Å². The van der Waals surface area contributed by atoms with Crippen LogP contribution in [-0.4, -0.2) is 17.5 Å². The summed E-state index contributed by atoms with van der Waals surface area (Å²) in [5.41, 5.74) is 0.858. The van der Waals surface area contributed by atoms with Gasteiger partial charge in [-0.1, -0.05) is 53.5 Å². The Hall–Kier alpha value is -0.280. The van der Waals surface area contributed by atoms with Crippen LogP contribution in [0.5, 0.6) is 0 Å². The topological polar surface area (TPSA) is 18.5 Å². The first-order valence-corrected chi connectivity index (χ1v) is 6.18. The maximum Gasteiger partial charge on any atom is 0.226 e. The molecule has 0 saturated carbocycles. The molecule has 1 fully saturated rings. The van der Waals surface area contributed by atoms with Crippen LogP contribution in [0.25, 0.3) is 0 Å². The van der Waals surface area contributed by atoms with E-state index in [2.05, 4.69) is 0 Å². The third-order valence-electron chi connectivity index (χ3n) is 2.68. The summed E-state index contributed by atoms with van der Waals surface area (Å²) in [4.78, 5) is -0.752. The van der Waals surface area contributed by atoms with Crippen LogP contribution in [0.4, 0.5) is 0 Å². The van der Waals surface area contributed by atoms with Gasteiger partial charge in [-0.05, 0) is 13.3 Å². The average molecular weight is 261 g/mol. The van der Waals surface area contributed by atoms with Gasteiger partial charge in [-0.3, -0.25) is 0 Å². The van der Waals surface area contributed by atoms with Gasteiger partial charge in [0.05, 0.1) is 12.7 Å². The second kappa shape index (κ2) is 4.92. The lowest BCUT2D eigenvalue weighted by Crippen LogP contribution is -2.46. The van der Waals surface area contributed by atoms with Gasteiger partial charge in [-0.2, -0.15) is 0 Å². The first kappa shape index (κ1) is 12.2. The summed E-state index contributed by atoms with van der Waals surface area (Å²) >= 11 is 12.1. The maximum absolute atomic E-state index is 6.03. The minimum Gasteiger partial charge on any atom is -0.344 e. The largest absolute Gasteiger partial charge is 0.344 e. The van der Waals surface area contributed by atoms with Crippen molar-refractivity contribution in [3.8, 4) is 0 Å². The Kier molecular flexibility index (Phi) is 3.75. The van der Waals surface area contributed by atoms with E-state index in [0.29, 0.717) is 6.61 Å². The van der Waals surface area contributed by atoms with Crippen molar-refractivity contribution in [1.82, 2.24) is 0 Å². The van der Waals surface area contributed by atoms with E-state index in [1.165, 1.54) is 0 Å². The molecule has 4 heteroatoms. The number of alkyl halides is 2. The minimum absolute atomic E-state index is 0.0916. The molecule has 1 heterocycles. The zero-order valence-corrected chi connectivity index (χ0v) is 10.5. The molecule has 0 aliphatic carbocycles. The Morgan fingerprint density at radius 3 is 2.56 bits per heavy atom. The molecule has 1 aromatic rings. The summed E-state index contributed by atoms with van der Waals surface area (Å²) in [5, 5.41) is 0. The molecule has 0 aromatic heterocycles. The van der Waals surface area contributed by atoms with Crippen LogP contribution < -0.4 is 0 Å². The van der Waals surface area contributed by atoms with E-state index in [4.69, 9.17) is 32.7 Å². The van der Waals surface area contributed by atoms with Crippen molar-refractivity contribution >= 4 is 23.2 Å².